The van der Waals surface area contributed by atoms with Crippen molar-refractivity contribution in [3.05, 3.63) is 0 Å². The second-order valence-electron chi connectivity index (χ2n) is 5.18. The Morgan fingerprint density at radius 1 is 1.44 bits per heavy atom. The van der Waals surface area contributed by atoms with Gasteiger partial charge in [0.25, 0.3) is 5.91 Å². The van der Waals surface area contributed by atoms with Crippen LogP contribution in [0.1, 0.15) is 19.8 Å². The molecule has 0 aromatic heterocycles. The molecule has 2 fully saturated rings. The number of piperidine rings is 1. The Morgan fingerprint density at radius 3 is 2.72 bits per heavy atom. The first-order chi connectivity index (χ1) is 8.72. The number of carbonyl (C=O) groups is 1. The Morgan fingerprint density at radius 2 is 2.17 bits per heavy atom. The van der Waals surface area contributed by atoms with Gasteiger partial charge >= 0.3 is 0 Å². The van der Waals surface area contributed by atoms with Gasteiger partial charge in [-0.15, -0.1) is 0 Å². The van der Waals surface area contributed by atoms with E-state index in [-0.39, 0.29) is 12.0 Å². The zero-order valence-electron chi connectivity index (χ0n) is 11.5. The highest BCUT2D eigenvalue weighted by Crippen LogP contribution is 2.16. The highest BCUT2D eigenvalue weighted by Gasteiger charge is 2.30. The molecule has 0 saturated carbocycles. The lowest BCUT2D eigenvalue weighted by Crippen LogP contribution is -2.53. The highest BCUT2D eigenvalue weighted by atomic mass is 16.5. The molecular weight excluding hydrogens is 230 g/mol. The van der Waals surface area contributed by atoms with Crippen molar-refractivity contribution in [3.8, 4) is 0 Å². The second-order valence-corrected chi connectivity index (χ2v) is 5.18. The molecule has 1 N–H and O–H groups in total. The van der Waals surface area contributed by atoms with Crippen molar-refractivity contribution in [2.24, 2.45) is 0 Å². The van der Waals surface area contributed by atoms with E-state index in [0.29, 0.717) is 19.2 Å². The van der Waals surface area contributed by atoms with Crippen molar-refractivity contribution in [2.45, 2.75) is 31.9 Å². The molecular formula is C13H25N3O2. The predicted octanol–water partition coefficient (Wildman–Crippen LogP) is -0.0825. The van der Waals surface area contributed by atoms with Crippen LogP contribution < -0.4 is 5.32 Å². The number of morpholine rings is 1. The molecule has 0 spiro atoms. The first-order valence-electron chi connectivity index (χ1n) is 7.03. The topological polar surface area (TPSA) is 44.8 Å². The average molecular weight is 255 g/mol. The molecule has 1 atom stereocenters. The number of nitrogens with one attached hydrogen (secondary N) is 1. The molecule has 18 heavy (non-hydrogen) atoms. The van der Waals surface area contributed by atoms with Gasteiger partial charge in [0.05, 0.1) is 6.61 Å². The minimum atomic E-state index is -0.284. The van der Waals surface area contributed by atoms with Gasteiger partial charge in [-0.05, 0) is 19.4 Å². The van der Waals surface area contributed by atoms with E-state index in [9.17, 15) is 4.79 Å². The van der Waals surface area contributed by atoms with Crippen LogP contribution in [0.2, 0.25) is 0 Å². The number of likely N-dealkylation sites (N-methyl/N-ethyl adjacent to an activating group) is 1. The SMILES string of the molecule is CCN1CCC(N(C)C(=O)C2CNCCO2)CC1. The first-order valence-corrected chi connectivity index (χ1v) is 7.03. The van der Waals surface area contributed by atoms with E-state index < -0.39 is 0 Å². The lowest BCUT2D eigenvalue weighted by atomic mass is 10.0. The molecule has 1 amide bonds. The lowest BCUT2D eigenvalue weighted by Gasteiger charge is -2.38. The van der Waals surface area contributed by atoms with Gasteiger partial charge in [0.2, 0.25) is 0 Å². The molecule has 2 aliphatic heterocycles. The molecule has 0 bridgehead atoms. The van der Waals surface area contributed by atoms with Crippen molar-refractivity contribution in [2.75, 3.05) is 46.4 Å². The molecule has 0 aliphatic carbocycles. The van der Waals surface area contributed by atoms with E-state index in [2.05, 4.69) is 17.1 Å². The first kappa shape index (κ1) is 13.8. The summed E-state index contributed by atoms with van der Waals surface area (Å²) in [7, 11) is 1.92. The number of nitrogens with zero attached hydrogens (tertiary/aromatic N) is 2. The van der Waals surface area contributed by atoms with Gasteiger partial charge in [0.1, 0.15) is 6.10 Å². The Hall–Kier alpha value is -0.650. The zero-order valence-corrected chi connectivity index (χ0v) is 11.5. The maximum atomic E-state index is 12.3. The van der Waals surface area contributed by atoms with Gasteiger partial charge < -0.3 is 19.9 Å². The number of amides is 1. The van der Waals surface area contributed by atoms with E-state index in [1.807, 2.05) is 11.9 Å². The second kappa shape index (κ2) is 6.50. The Kier molecular flexibility index (Phi) is 4.97. The summed E-state index contributed by atoms with van der Waals surface area (Å²) in [6.07, 6.45) is 1.87. The molecule has 5 heteroatoms. The van der Waals surface area contributed by atoms with Gasteiger partial charge in [0.15, 0.2) is 0 Å². The van der Waals surface area contributed by atoms with Gasteiger partial charge in [-0.1, -0.05) is 6.92 Å². The Balaban J connectivity index is 1.83. The fourth-order valence-electron chi connectivity index (χ4n) is 2.75. The minimum Gasteiger partial charge on any atom is -0.366 e. The Bertz CT molecular complexity index is 271. The summed E-state index contributed by atoms with van der Waals surface area (Å²) in [5.74, 6) is 0.136. The quantitative estimate of drug-likeness (QED) is 0.766. The van der Waals surface area contributed by atoms with Crippen molar-refractivity contribution in [1.82, 2.24) is 15.1 Å². The largest absolute Gasteiger partial charge is 0.366 e. The standard InChI is InChI=1S/C13H25N3O2/c1-3-16-7-4-11(5-8-16)15(2)13(17)12-10-14-6-9-18-12/h11-12,14H,3-10H2,1-2H3. The van der Waals surface area contributed by atoms with E-state index in [0.717, 1.165) is 39.0 Å². The maximum Gasteiger partial charge on any atom is 0.253 e. The summed E-state index contributed by atoms with van der Waals surface area (Å²) in [6, 6.07) is 0.380. The van der Waals surface area contributed by atoms with Crippen LogP contribution in [0, 0.1) is 0 Å². The third-order valence-corrected chi connectivity index (χ3v) is 4.10. The monoisotopic (exact) mass is 255 g/mol. The van der Waals surface area contributed by atoms with Crippen LogP contribution >= 0.6 is 0 Å². The Labute approximate surface area is 109 Å². The van der Waals surface area contributed by atoms with Crippen LogP contribution in [-0.2, 0) is 9.53 Å². The van der Waals surface area contributed by atoms with Crippen molar-refractivity contribution < 1.29 is 9.53 Å². The average Bonchev–Trinajstić information content (AvgIpc) is 2.47. The minimum absolute atomic E-state index is 0.136. The van der Waals surface area contributed by atoms with E-state index >= 15 is 0 Å². The number of ether oxygens (including phenoxy) is 1. The molecule has 2 rings (SSSR count). The van der Waals surface area contributed by atoms with Crippen LogP contribution in [0.3, 0.4) is 0 Å². The van der Waals surface area contributed by atoms with Crippen molar-refractivity contribution in [3.63, 3.8) is 0 Å². The zero-order chi connectivity index (χ0) is 13.0. The summed E-state index contributed by atoms with van der Waals surface area (Å²) in [6.45, 7) is 7.64. The number of rotatable bonds is 3. The third kappa shape index (κ3) is 3.22. The number of likely N-dealkylation sites (tertiary alicyclic amines) is 1. The normalized spacial score (nSPS) is 27.1. The van der Waals surface area contributed by atoms with Gasteiger partial charge in [-0.25, -0.2) is 0 Å². The van der Waals surface area contributed by atoms with E-state index in [1.165, 1.54) is 0 Å². The summed E-state index contributed by atoms with van der Waals surface area (Å²) in [5.41, 5.74) is 0. The summed E-state index contributed by atoms with van der Waals surface area (Å²) >= 11 is 0. The van der Waals surface area contributed by atoms with Crippen LogP contribution in [0.5, 0.6) is 0 Å². The molecule has 0 radical (unpaired) electrons. The van der Waals surface area contributed by atoms with Gasteiger partial charge in [0, 0.05) is 39.3 Å². The molecule has 2 saturated heterocycles. The van der Waals surface area contributed by atoms with Crippen LogP contribution in [0.25, 0.3) is 0 Å². The molecule has 2 heterocycles. The number of carbonyl (C=O) groups excluding carboxylic acids is 1. The number of hydrogen-bond acceptors (Lipinski definition) is 4. The smallest absolute Gasteiger partial charge is 0.253 e. The summed E-state index contributed by atoms with van der Waals surface area (Å²) < 4.78 is 5.53. The molecule has 104 valence electrons. The molecule has 0 aromatic rings. The summed E-state index contributed by atoms with van der Waals surface area (Å²) in [5, 5.41) is 3.21. The van der Waals surface area contributed by atoms with Crippen LogP contribution in [0.15, 0.2) is 0 Å². The summed E-state index contributed by atoms with van der Waals surface area (Å²) in [4.78, 5) is 16.6. The number of hydrogen-bond donors (Lipinski definition) is 1. The molecule has 2 aliphatic rings. The van der Waals surface area contributed by atoms with Gasteiger partial charge in [-0.3, -0.25) is 4.79 Å². The van der Waals surface area contributed by atoms with Crippen molar-refractivity contribution in [1.29, 1.82) is 0 Å². The third-order valence-electron chi connectivity index (χ3n) is 4.10. The molecule has 0 aromatic carbocycles. The van der Waals surface area contributed by atoms with Crippen molar-refractivity contribution >= 4 is 5.91 Å². The highest BCUT2D eigenvalue weighted by molar-refractivity contribution is 5.81. The fourth-order valence-corrected chi connectivity index (χ4v) is 2.75. The fraction of sp³-hybridized carbons (Fsp3) is 0.923. The molecule has 1 unspecified atom stereocenters. The maximum absolute atomic E-state index is 12.3. The van der Waals surface area contributed by atoms with Crippen LogP contribution in [0.4, 0.5) is 0 Å². The predicted molar refractivity (Wildman–Crippen MR) is 70.5 cm³/mol. The van der Waals surface area contributed by atoms with Gasteiger partial charge in [-0.2, -0.15) is 0 Å². The van der Waals surface area contributed by atoms with E-state index in [4.69, 9.17) is 4.74 Å². The van der Waals surface area contributed by atoms with E-state index in [1.54, 1.807) is 0 Å². The van der Waals surface area contributed by atoms with Crippen LogP contribution in [-0.4, -0.2) is 74.2 Å². The molecule has 5 nitrogen and oxygen atoms in total. The lowest BCUT2D eigenvalue weighted by molar-refractivity contribution is -0.146.